The van der Waals surface area contributed by atoms with Crippen LogP contribution in [-0.2, 0) is 4.74 Å². The van der Waals surface area contributed by atoms with Gasteiger partial charge in [0.2, 0.25) is 0 Å². The molecule has 1 saturated heterocycles. The summed E-state index contributed by atoms with van der Waals surface area (Å²) in [6, 6.07) is 8.32. The fourth-order valence-corrected chi connectivity index (χ4v) is 9.83. The van der Waals surface area contributed by atoms with Gasteiger partial charge in [-0.1, -0.05) is 0 Å². The molecule has 3 aliphatic carbocycles. The van der Waals surface area contributed by atoms with Crippen molar-refractivity contribution in [2.24, 2.45) is 4.30 Å². The summed E-state index contributed by atoms with van der Waals surface area (Å²) in [4.78, 5) is 70.0. The van der Waals surface area contributed by atoms with E-state index in [1.54, 1.807) is 18.2 Å². The van der Waals surface area contributed by atoms with Crippen molar-refractivity contribution >= 4 is 72.3 Å². The average molecular weight is 899 g/mol. The molecule has 3 aromatic rings. The Hall–Kier alpha value is -5.33. The Morgan fingerprint density at radius 2 is 1.22 bits per heavy atom. The first-order chi connectivity index (χ1) is 28.3. The van der Waals surface area contributed by atoms with Crippen molar-refractivity contribution in [2.75, 3.05) is 14.1 Å². The van der Waals surface area contributed by atoms with E-state index in [1.807, 2.05) is 44.3 Å². The van der Waals surface area contributed by atoms with E-state index in [2.05, 4.69) is 83.2 Å². The molecule has 10 rings (SSSR count). The molecule has 0 unspecified atom stereocenters. The third-order valence-corrected chi connectivity index (χ3v) is 12.4. The number of hydrogen-bond donors (Lipinski definition) is 11. The van der Waals surface area contributed by atoms with Crippen LogP contribution in [0.2, 0.25) is 0 Å². The molecule has 8 amide bonds. The Labute approximate surface area is 351 Å². The van der Waals surface area contributed by atoms with Crippen LogP contribution in [0.3, 0.4) is 0 Å². The standard InChI is InChI=1S/C12H15BrN4O3.C12H16N4O3.C11H11N3O3.BHNS/c1-14-12(20)16-10-7(18)4-6-9(10)15-11(19)5-2-3-8(13)17(5)6;1-13-12(19)15-10-8(17)5-7-9(10)14-11(18)6-3-2-4-16(6)7;15-10-5-2-1-3-14(5)6-4-7-9(8(6)12-10)13-11(16)17-7;1-2-3/h2-3,6-7,9-10,18H,4H2,1H3,(H,15,19)(H2,14,16,20);2-4,7-10,17H,5H2,1H3,(H,14,18)(H2,13,15,19);1-3,6-9H,4H2,(H,12,15)(H,13,16);3H/t6-,7-,9-,10-;7-,8-,9-,10-;6-,7-,8-,9-;/m111./s1. The van der Waals surface area contributed by atoms with Gasteiger partial charge in [0.15, 0.2) is 0 Å². The Bertz CT molecular complexity index is 2150. The van der Waals surface area contributed by atoms with Gasteiger partial charge in [-0.15, -0.1) is 0 Å². The van der Waals surface area contributed by atoms with Gasteiger partial charge in [0, 0.05) is 32.9 Å². The number of ether oxygens (including phenoxy) is 1. The van der Waals surface area contributed by atoms with Gasteiger partial charge in [-0.2, -0.15) is 0 Å². The molecular weight excluding hydrogens is 855 g/mol. The summed E-state index contributed by atoms with van der Waals surface area (Å²) < 4.78 is 14.4. The molecule has 1 radical (unpaired) electrons. The molecule has 21 nitrogen and oxygen atoms in total. The molecule has 3 saturated carbocycles. The van der Waals surface area contributed by atoms with Gasteiger partial charge in [0.1, 0.15) is 23.2 Å². The molecule has 7 aliphatic rings. The normalized spacial score (nSPS) is 32.0. The van der Waals surface area contributed by atoms with Crippen LogP contribution in [0, 0.1) is 0 Å². The first-order valence-corrected chi connectivity index (χ1v) is 20.0. The van der Waals surface area contributed by atoms with Crippen LogP contribution < -0.4 is 42.5 Å². The zero-order valence-corrected chi connectivity index (χ0v) is 34.1. The second-order valence-electron chi connectivity index (χ2n) is 14.8. The summed E-state index contributed by atoms with van der Waals surface area (Å²) in [5, 5.41) is 42.1. The quantitative estimate of drug-likeness (QED) is 0.115. The van der Waals surface area contributed by atoms with Crippen molar-refractivity contribution < 1.29 is 43.7 Å². The molecular formula is C35H43BBrN12O9S. The minimum atomic E-state index is -0.706. The molecule has 0 aromatic carbocycles. The number of nitrogens with one attached hydrogen (secondary N) is 8. The second-order valence-corrected chi connectivity index (χ2v) is 15.8. The summed E-state index contributed by atoms with van der Waals surface area (Å²) >= 11 is 6.61. The van der Waals surface area contributed by atoms with Gasteiger partial charge in [-0.25, -0.2) is 14.4 Å². The van der Waals surface area contributed by atoms with E-state index < -0.39 is 24.3 Å². The number of rotatable bonds is 2. The molecule has 24 heteroatoms. The average Bonchev–Trinajstić information content (AvgIpc) is 4.07. The number of aliphatic hydroxyl groups is 2. The number of halogens is 1. The van der Waals surface area contributed by atoms with Crippen molar-refractivity contribution in [1.29, 1.82) is 0 Å². The molecule has 3 aromatic heterocycles. The molecule has 59 heavy (non-hydrogen) atoms. The van der Waals surface area contributed by atoms with Gasteiger partial charge in [0.05, 0.1) is 71.2 Å². The molecule has 0 bridgehead atoms. The number of carbonyl (C=O) groups excluding carboxylic acids is 6. The maximum atomic E-state index is 12.1. The summed E-state index contributed by atoms with van der Waals surface area (Å²) in [5.74, 6) is -0.461. The van der Waals surface area contributed by atoms with Crippen LogP contribution in [0.25, 0.3) is 0 Å². The number of aromatic nitrogens is 3. The van der Waals surface area contributed by atoms with Crippen molar-refractivity contribution in [1.82, 2.24) is 56.2 Å². The molecule has 313 valence electrons. The fourth-order valence-electron chi connectivity index (χ4n) is 9.24. The first kappa shape index (κ1) is 41.8. The van der Waals surface area contributed by atoms with E-state index in [0.717, 1.165) is 11.0 Å². The van der Waals surface area contributed by atoms with E-state index in [1.165, 1.54) is 14.1 Å². The molecule has 4 aliphatic heterocycles. The number of hydrogen-bond acceptors (Lipinski definition) is 11. The number of urea groups is 2. The summed E-state index contributed by atoms with van der Waals surface area (Å²) in [7, 11) is 7.36. The number of aliphatic hydroxyl groups excluding tert-OH is 2. The van der Waals surface area contributed by atoms with Gasteiger partial charge >= 0.3 is 42.9 Å². The van der Waals surface area contributed by atoms with Crippen molar-refractivity contribution in [2.45, 2.75) is 92.0 Å². The molecule has 7 heterocycles. The number of thiol groups is 1. The van der Waals surface area contributed by atoms with Crippen molar-refractivity contribution in [3.05, 3.63) is 70.5 Å². The second kappa shape index (κ2) is 17.1. The molecule has 10 N–H and O–H groups in total. The number of amides is 8. The Balaban J connectivity index is 0.000000130. The van der Waals surface area contributed by atoms with Crippen LogP contribution in [0.4, 0.5) is 14.4 Å². The number of alkyl carbamates (subject to hydrolysis) is 1. The summed E-state index contributed by atoms with van der Waals surface area (Å²) in [6.45, 7) is 0. The molecule has 12 atom stereocenters. The maximum absolute atomic E-state index is 12.1. The SMILES string of the molecule is CNC(=O)N[C@H]1[C@@H]2NC(=O)c3ccc(Br)n3[C@@H]2C[C@H]1O.CNC(=O)N[C@H]1[C@@H]2NC(=O)c3cccn3[C@@H]2C[C@H]1O.O=C1N[C@H]2[C@@H]3NC(=O)c4cccn4[C@@H]3C[C@H]2O1.[B]=NS. The van der Waals surface area contributed by atoms with Crippen LogP contribution in [0.1, 0.15) is 68.9 Å². The van der Waals surface area contributed by atoms with Gasteiger partial charge < -0.3 is 71.2 Å². The molecule has 0 spiro atoms. The third-order valence-electron chi connectivity index (χ3n) is 11.7. The fraction of sp³-hybridized carbons (Fsp3) is 0.486. The Morgan fingerprint density at radius 1 is 0.746 bits per heavy atom. The van der Waals surface area contributed by atoms with E-state index in [9.17, 15) is 39.0 Å². The van der Waals surface area contributed by atoms with E-state index in [0.29, 0.717) is 29.9 Å². The van der Waals surface area contributed by atoms with Gasteiger partial charge in [0.25, 0.3) is 17.7 Å². The van der Waals surface area contributed by atoms with E-state index in [4.69, 9.17) is 4.74 Å². The molecule has 4 fully saturated rings. The Kier molecular flexibility index (Phi) is 12.1. The van der Waals surface area contributed by atoms with Gasteiger partial charge in [-0.05, 0) is 65.2 Å². The van der Waals surface area contributed by atoms with Crippen LogP contribution in [-0.4, -0.2) is 136 Å². The number of fused-ring (bicyclic) bond motifs is 11. The summed E-state index contributed by atoms with van der Waals surface area (Å²) in [6.07, 6.45) is 3.56. The van der Waals surface area contributed by atoms with Crippen molar-refractivity contribution in [3.63, 3.8) is 0 Å². The van der Waals surface area contributed by atoms with Crippen LogP contribution >= 0.6 is 28.7 Å². The van der Waals surface area contributed by atoms with Crippen LogP contribution in [0.15, 0.2) is 57.7 Å². The van der Waals surface area contributed by atoms with Gasteiger partial charge in [-0.3, -0.25) is 14.4 Å². The third kappa shape index (κ3) is 7.80. The van der Waals surface area contributed by atoms with E-state index >= 15 is 0 Å². The summed E-state index contributed by atoms with van der Waals surface area (Å²) in [5.41, 5.74) is 1.83. The number of nitrogens with zero attached hydrogens (tertiary/aromatic N) is 4. The topological polar surface area (TPSA) is 276 Å². The predicted octanol–water partition coefficient (Wildman–Crippen LogP) is -0.625. The van der Waals surface area contributed by atoms with Crippen molar-refractivity contribution in [3.8, 4) is 0 Å². The monoisotopic (exact) mass is 897 g/mol. The Morgan fingerprint density at radius 3 is 1.76 bits per heavy atom. The predicted molar refractivity (Wildman–Crippen MR) is 215 cm³/mol. The van der Waals surface area contributed by atoms with Crippen LogP contribution in [0.5, 0.6) is 0 Å². The van der Waals surface area contributed by atoms with E-state index in [-0.39, 0.29) is 84.3 Å². The zero-order valence-electron chi connectivity index (χ0n) is 31.6. The number of carbonyl (C=O) groups is 6. The minimum absolute atomic E-state index is 0.0279. The zero-order chi connectivity index (χ0) is 42.3. The first-order valence-electron chi connectivity index (χ1n) is 18.8.